The average molecular weight is 478 g/mol. The number of thiocarbonyl (C=S) groups is 1. The van der Waals surface area contributed by atoms with E-state index in [-0.39, 0.29) is 5.91 Å². The fourth-order valence-corrected chi connectivity index (χ4v) is 4.55. The summed E-state index contributed by atoms with van der Waals surface area (Å²) >= 11 is 10.3. The molecule has 2 aromatic carbocycles. The molecule has 0 radical (unpaired) electrons. The number of carbonyl (C=O) groups excluding carboxylic acids is 1. The number of hydrogen-bond donors (Lipinski definition) is 0. The van der Waals surface area contributed by atoms with Gasteiger partial charge in [-0.15, -0.1) is 0 Å². The Kier molecular flexibility index (Phi) is 7.15. The van der Waals surface area contributed by atoms with Gasteiger partial charge in [-0.1, -0.05) is 70.2 Å². The van der Waals surface area contributed by atoms with Crippen LogP contribution in [0.4, 0.5) is 0 Å². The van der Waals surface area contributed by atoms with E-state index in [9.17, 15) is 4.79 Å². The van der Waals surface area contributed by atoms with Crippen LogP contribution in [0.1, 0.15) is 18.1 Å². The summed E-state index contributed by atoms with van der Waals surface area (Å²) in [6.07, 6.45) is 2.61. The number of ether oxygens (including phenoxy) is 2. The maximum atomic E-state index is 12.9. The van der Waals surface area contributed by atoms with Crippen LogP contribution in [-0.4, -0.2) is 35.4 Å². The summed E-state index contributed by atoms with van der Waals surface area (Å²) in [5.74, 6) is 1.21. The molecular formula is C21H20BrNO3S2. The lowest BCUT2D eigenvalue weighted by atomic mass is 10.1. The van der Waals surface area contributed by atoms with Crippen LogP contribution >= 0.6 is 39.9 Å². The molecule has 0 atom stereocenters. The third kappa shape index (κ3) is 4.77. The summed E-state index contributed by atoms with van der Waals surface area (Å²) < 4.78 is 12.4. The van der Waals surface area contributed by atoms with Crippen LogP contribution in [0, 0.1) is 0 Å². The molecule has 1 aliphatic heterocycles. The van der Waals surface area contributed by atoms with Crippen molar-refractivity contribution in [1.82, 2.24) is 4.90 Å². The minimum Gasteiger partial charge on any atom is -0.493 e. The predicted molar refractivity (Wildman–Crippen MR) is 122 cm³/mol. The van der Waals surface area contributed by atoms with E-state index in [1.807, 2.05) is 43.3 Å². The van der Waals surface area contributed by atoms with Crippen molar-refractivity contribution in [2.45, 2.75) is 13.3 Å². The zero-order valence-electron chi connectivity index (χ0n) is 15.6. The quantitative estimate of drug-likeness (QED) is 0.399. The van der Waals surface area contributed by atoms with Crippen LogP contribution in [0.25, 0.3) is 6.08 Å². The first-order valence-corrected chi connectivity index (χ1v) is 10.8. The van der Waals surface area contributed by atoms with Crippen LogP contribution in [0.2, 0.25) is 0 Å². The van der Waals surface area contributed by atoms with Crippen LogP contribution in [0.15, 0.2) is 51.8 Å². The molecule has 3 rings (SSSR count). The van der Waals surface area contributed by atoms with E-state index in [0.717, 1.165) is 16.5 Å². The first kappa shape index (κ1) is 20.9. The minimum atomic E-state index is -0.0633. The first-order valence-electron chi connectivity index (χ1n) is 8.83. The molecule has 28 heavy (non-hydrogen) atoms. The highest BCUT2D eigenvalue weighted by Crippen LogP contribution is 2.38. The van der Waals surface area contributed by atoms with Gasteiger partial charge in [-0.2, -0.15) is 0 Å². The monoisotopic (exact) mass is 477 g/mol. The highest BCUT2D eigenvalue weighted by Gasteiger charge is 2.31. The third-order valence-electron chi connectivity index (χ3n) is 4.21. The Morgan fingerprint density at radius 1 is 1.21 bits per heavy atom. The number of benzene rings is 2. The summed E-state index contributed by atoms with van der Waals surface area (Å²) in [6.45, 7) is 3.01. The van der Waals surface area contributed by atoms with Gasteiger partial charge in [0.25, 0.3) is 5.91 Å². The summed E-state index contributed by atoms with van der Waals surface area (Å²) in [4.78, 5) is 15.1. The molecule has 0 saturated carbocycles. The summed E-state index contributed by atoms with van der Waals surface area (Å²) in [5, 5.41) is 0. The third-order valence-corrected chi connectivity index (χ3v) is 6.27. The zero-order chi connectivity index (χ0) is 20.1. The SMILES string of the molecule is CCOc1cc(/C=C2\SC(=S)N(CCc3ccccc3)C2=O)c(Br)cc1OC. The Labute approximate surface area is 183 Å². The van der Waals surface area contributed by atoms with Crippen LogP contribution in [0.5, 0.6) is 11.5 Å². The Bertz CT molecular complexity index is 915. The van der Waals surface area contributed by atoms with Crippen LogP contribution in [-0.2, 0) is 11.2 Å². The first-order chi connectivity index (χ1) is 13.5. The van der Waals surface area contributed by atoms with Crippen molar-refractivity contribution in [2.75, 3.05) is 20.3 Å². The van der Waals surface area contributed by atoms with Gasteiger partial charge in [0, 0.05) is 11.0 Å². The van der Waals surface area contributed by atoms with Crippen molar-refractivity contribution < 1.29 is 14.3 Å². The van der Waals surface area contributed by atoms with Crippen molar-refractivity contribution in [3.05, 3.63) is 63.0 Å². The van der Waals surface area contributed by atoms with Crippen molar-refractivity contribution in [3.63, 3.8) is 0 Å². The Hall–Kier alpha value is -1.83. The average Bonchev–Trinajstić information content (AvgIpc) is 2.96. The van der Waals surface area contributed by atoms with Gasteiger partial charge in [-0.05, 0) is 42.7 Å². The van der Waals surface area contributed by atoms with Gasteiger partial charge in [0.05, 0.1) is 18.6 Å². The molecular weight excluding hydrogens is 458 g/mol. The molecule has 1 fully saturated rings. The van der Waals surface area contributed by atoms with Crippen LogP contribution < -0.4 is 9.47 Å². The van der Waals surface area contributed by atoms with Gasteiger partial charge in [0.15, 0.2) is 11.5 Å². The van der Waals surface area contributed by atoms with Crippen LogP contribution in [0.3, 0.4) is 0 Å². The molecule has 4 nitrogen and oxygen atoms in total. The maximum Gasteiger partial charge on any atom is 0.266 e. The van der Waals surface area contributed by atoms with Crippen molar-refractivity contribution in [3.8, 4) is 11.5 Å². The lowest BCUT2D eigenvalue weighted by Gasteiger charge is -2.14. The molecule has 146 valence electrons. The second kappa shape index (κ2) is 9.58. The highest BCUT2D eigenvalue weighted by molar-refractivity contribution is 9.10. The second-order valence-electron chi connectivity index (χ2n) is 6.03. The number of methoxy groups -OCH3 is 1. The summed E-state index contributed by atoms with van der Waals surface area (Å²) in [5.41, 5.74) is 2.02. The topological polar surface area (TPSA) is 38.8 Å². The molecule has 2 aromatic rings. The van der Waals surface area contributed by atoms with Gasteiger partial charge in [-0.25, -0.2) is 0 Å². The van der Waals surface area contributed by atoms with E-state index in [4.69, 9.17) is 21.7 Å². The van der Waals surface area contributed by atoms with E-state index in [0.29, 0.717) is 33.9 Å². The van der Waals surface area contributed by atoms with Gasteiger partial charge < -0.3 is 9.47 Å². The fourth-order valence-electron chi connectivity index (χ4n) is 2.81. The molecule has 1 saturated heterocycles. The fraction of sp³-hybridized carbons (Fsp3) is 0.238. The maximum absolute atomic E-state index is 12.9. The van der Waals surface area contributed by atoms with Gasteiger partial charge in [0.1, 0.15) is 4.32 Å². The Morgan fingerprint density at radius 3 is 2.64 bits per heavy atom. The number of thioether (sulfide) groups is 1. The molecule has 1 aliphatic rings. The molecule has 1 amide bonds. The van der Waals surface area contributed by atoms with E-state index in [2.05, 4.69) is 28.1 Å². The smallest absolute Gasteiger partial charge is 0.266 e. The van der Waals surface area contributed by atoms with E-state index < -0.39 is 0 Å². The minimum absolute atomic E-state index is 0.0633. The van der Waals surface area contributed by atoms with Crippen molar-refractivity contribution in [2.24, 2.45) is 0 Å². The zero-order valence-corrected chi connectivity index (χ0v) is 18.8. The molecule has 1 heterocycles. The number of amides is 1. The number of carbonyl (C=O) groups is 1. The number of rotatable bonds is 7. The largest absolute Gasteiger partial charge is 0.493 e. The molecule has 0 bridgehead atoms. The molecule has 0 unspecified atom stereocenters. The Morgan fingerprint density at radius 2 is 1.96 bits per heavy atom. The van der Waals surface area contributed by atoms with Gasteiger partial charge in [-0.3, -0.25) is 9.69 Å². The van der Waals surface area contributed by atoms with Crippen molar-refractivity contribution in [1.29, 1.82) is 0 Å². The molecule has 7 heteroatoms. The standard InChI is InChI=1S/C21H20BrNO3S2/c1-3-26-18-11-15(16(22)13-17(18)25-2)12-19-20(24)23(21(27)28-19)10-9-14-7-5-4-6-8-14/h4-8,11-13H,3,9-10H2,1-2H3/b19-12-. The number of halogens is 1. The van der Waals surface area contributed by atoms with E-state index >= 15 is 0 Å². The Balaban J connectivity index is 1.80. The van der Waals surface area contributed by atoms with Gasteiger partial charge >= 0.3 is 0 Å². The lowest BCUT2D eigenvalue weighted by molar-refractivity contribution is -0.122. The predicted octanol–water partition coefficient (Wildman–Crippen LogP) is 5.30. The summed E-state index contributed by atoms with van der Waals surface area (Å²) in [7, 11) is 1.60. The van der Waals surface area contributed by atoms with Crippen molar-refractivity contribution >= 4 is 56.2 Å². The van der Waals surface area contributed by atoms with Gasteiger partial charge in [0.2, 0.25) is 0 Å². The normalized spacial score (nSPS) is 15.4. The molecule has 0 aliphatic carbocycles. The number of hydrogen-bond acceptors (Lipinski definition) is 5. The molecule has 0 spiro atoms. The second-order valence-corrected chi connectivity index (χ2v) is 8.56. The highest BCUT2D eigenvalue weighted by atomic mass is 79.9. The van der Waals surface area contributed by atoms with E-state index in [1.165, 1.54) is 17.3 Å². The lowest BCUT2D eigenvalue weighted by Crippen LogP contribution is -2.30. The molecule has 0 N–H and O–H groups in total. The number of nitrogens with zero attached hydrogens (tertiary/aromatic N) is 1. The summed E-state index contributed by atoms with van der Waals surface area (Å²) in [6, 6.07) is 13.8. The van der Waals surface area contributed by atoms with E-state index in [1.54, 1.807) is 12.0 Å². The molecule has 0 aromatic heterocycles.